The topological polar surface area (TPSA) is 37.9 Å². The molecule has 0 aliphatic rings. The largest absolute Gasteiger partial charge is 0.483 e. The van der Waals surface area contributed by atoms with E-state index in [0.29, 0.717) is 15.8 Å². The molecule has 3 rings (SSSR count). The summed E-state index contributed by atoms with van der Waals surface area (Å²) < 4.78 is 5.83. The Kier molecular flexibility index (Phi) is 3.55. The summed E-state index contributed by atoms with van der Waals surface area (Å²) in [5.74, 6) is 1.43. The Balaban J connectivity index is 1.89. The summed E-state index contributed by atoms with van der Waals surface area (Å²) in [4.78, 5) is 7.70. The fourth-order valence-electron chi connectivity index (χ4n) is 2.01. The molecule has 2 aromatic carbocycles. The second-order valence-corrected chi connectivity index (χ2v) is 5.32. The number of rotatable bonds is 3. The van der Waals surface area contributed by atoms with Gasteiger partial charge >= 0.3 is 0 Å². The highest BCUT2D eigenvalue weighted by molar-refractivity contribution is 6.34. The summed E-state index contributed by atoms with van der Waals surface area (Å²) in [7, 11) is 0. The van der Waals surface area contributed by atoms with Crippen molar-refractivity contribution in [3.8, 4) is 5.75 Å². The van der Waals surface area contributed by atoms with Crippen LogP contribution in [0, 0.1) is 0 Å². The zero-order valence-corrected chi connectivity index (χ0v) is 12.2. The summed E-state index contributed by atoms with van der Waals surface area (Å²) in [5.41, 5.74) is 1.65. The highest BCUT2D eigenvalue weighted by Crippen LogP contribution is 2.26. The minimum absolute atomic E-state index is 0.225. The second kappa shape index (κ2) is 5.35. The standard InChI is InChI=1S/C15H12Cl2N2O/c1-9(20-11-5-2-4-10(16)8-11)15-18-13-7-3-6-12(17)14(13)19-15/h2-9H,1H3,(H,18,19). The van der Waals surface area contributed by atoms with Gasteiger partial charge < -0.3 is 9.72 Å². The molecule has 1 N–H and O–H groups in total. The van der Waals surface area contributed by atoms with Crippen LogP contribution in [0.15, 0.2) is 42.5 Å². The molecular weight excluding hydrogens is 295 g/mol. The minimum atomic E-state index is -0.225. The van der Waals surface area contributed by atoms with Crippen LogP contribution in [0.5, 0.6) is 5.75 Å². The van der Waals surface area contributed by atoms with Gasteiger partial charge in [-0.2, -0.15) is 0 Å². The van der Waals surface area contributed by atoms with Crippen LogP contribution in [-0.2, 0) is 0 Å². The van der Waals surface area contributed by atoms with Crippen molar-refractivity contribution in [3.63, 3.8) is 0 Å². The Morgan fingerprint density at radius 3 is 2.70 bits per heavy atom. The number of benzene rings is 2. The first-order valence-electron chi connectivity index (χ1n) is 6.20. The Hall–Kier alpha value is -1.71. The predicted octanol–water partition coefficient (Wildman–Crippen LogP) is 5.01. The van der Waals surface area contributed by atoms with E-state index in [2.05, 4.69) is 9.97 Å². The number of aromatic nitrogens is 2. The van der Waals surface area contributed by atoms with Crippen molar-refractivity contribution in [1.82, 2.24) is 9.97 Å². The summed E-state index contributed by atoms with van der Waals surface area (Å²) >= 11 is 12.1. The highest BCUT2D eigenvalue weighted by Gasteiger charge is 2.14. The maximum absolute atomic E-state index is 6.12. The molecule has 0 spiro atoms. The van der Waals surface area contributed by atoms with Crippen molar-refractivity contribution in [3.05, 3.63) is 58.3 Å². The summed E-state index contributed by atoms with van der Waals surface area (Å²) in [6, 6.07) is 12.9. The summed E-state index contributed by atoms with van der Waals surface area (Å²) in [6.07, 6.45) is -0.225. The van der Waals surface area contributed by atoms with Gasteiger partial charge in [-0.1, -0.05) is 35.3 Å². The van der Waals surface area contributed by atoms with Crippen LogP contribution >= 0.6 is 23.2 Å². The van der Waals surface area contributed by atoms with Crippen molar-refractivity contribution < 1.29 is 4.74 Å². The number of nitrogens with one attached hydrogen (secondary N) is 1. The number of H-pyrrole nitrogens is 1. The van der Waals surface area contributed by atoms with Crippen LogP contribution in [0.4, 0.5) is 0 Å². The lowest BCUT2D eigenvalue weighted by atomic mass is 10.3. The quantitative estimate of drug-likeness (QED) is 0.738. The van der Waals surface area contributed by atoms with Crippen LogP contribution in [-0.4, -0.2) is 9.97 Å². The van der Waals surface area contributed by atoms with Gasteiger partial charge in [0.1, 0.15) is 17.1 Å². The van der Waals surface area contributed by atoms with E-state index in [-0.39, 0.29) is 6.10 Å². The molecule has 0 saturated heterocycles. The number of hydrogen-bond donors (Lipinski definition) is 1. The molecule has 3 nitrogen and oxygen atoms in total. The molecule has 1 atom stereocenters. The number of fused-ring (bicyclic) bond motifs is 1. The number of imidazole rings is 1. The van der Waals surface area contributed by atoms with Crippen molar-refractivity contribution in [1.29, 1.82) is 0 Å². The lowest BCUT2D eigenvalue weighted by Crippen LogP contribution is -2.04. The first-order valence-corrected chi connectivity index (χ1v) is 6.95. The molecule has 0 aliphatic heterocycles. The van der Waals surface area contributed by atoms with E-state index in [4.69, 9.17) is 27.9 Å². The van der Waals surface area contributed by atoms with E-state index in [0.717, 1.165) is 16.9 Å². The third kappa shape index (κ3) is 2.60. The molecule has 0 radical (unpaired) electrons. The number of nitrogens with zero attached hydrogens (tertiary/aromatic N) is 1. The molecule has 1 aromatic heterocycles. The molecule has 3 aromatic rings. The maximum atomic E-state index is 6.12. The van der Waals surface area contributed by atoms with Gasteiger partial charge in [0, 0.05) is 5.02 Å². The Labute approximate surface area is 126 Å². The maximum Gasteiger partial charge on any atom is 0.153 e. The van der Waals surface area contributed by atoms with Gasteiger partial charge in [0.15, 0.2) is 6.10 Å². The van der Waals surface area contributed by atoms with Crippen LogP contribution in [0.3, 0.4) is 0 Å². The Bertz CT molecular complexity index is 754. The van der Waals surface area contributed by atoms with Crippen molar-refractivity contribution >= 4 is 34.2 Å². The molecule has 20 heavy (non-hydrogen) atoms. The van der Waals surface area contributed by atoms with E-state index >= 15 is 0 Å². The van der Waals surface area contributed by atoms with Crippen LogP contribution in [0.25, 0.3) is 11.0 Å². The van der Waals surface area contributed by atoms with Gasteiger partial charge in [-0.3, -0.25) is 0 Å². The lowest BCUT2D eigenvalue weighted by Gasteiger charge is -2.12. The van der Waals surface area contributed by atoms with Gasteiger partial charge in [0.2, 0.25) is 0 Å². The van der Waals surface area contributed by atoms with Crippen LogP contribution in [0.2, 0.25) is 10.0 Å². The first kappa shape index (κ1) is 13.3. The molecule has 5 heteroatoms. The predicted molar refractivity (Wildman–Crippen MR) is 81.6 cm³/mol. The third-order valence-electron chi connectivity index (χ3n) is 2.98. The van der Waals surface area contributed by atoms with Gasteiger partial charge in [-0.15, -0.1) is 0 Å². The first-order chi connectivity index (χ1) is 9.63. The van der Waals surface area contributed by atoms with Crippen LogP contribution < -0.4 is 4.74 Å². The number of aromatic amines is 1. The van der Waals surface area contributed by atoms with Gasteiger partial charge in [0.05, 0.1) is 10.5 Å². The van der Waals surface area contributed by atoms with Crippen molar-refractivity contribution in [2.24, 2.45) is 0 Å². The van der Waals surface area contributed by atoms with E-state index in [1.807, 2.05) is 37.3 Å². The molecule has 0 bridgehead atoms. The van der Waals surface area contributed by atoms with Gasteiger partial charge in [-0.05, 0) is 37.3 Å². The number of ether oxygens (including phenoxy) is 1. The molecule has 0 fully saturated rings. The zero-order valence-electron chi connectivity index (χ0n) is 10.7. The molecule has 0 aliphatic carbocycles. The minimum Gasteiger partial charge on any atom is -0.483 e. The van der Waals surface area contributed by atoms with Crippen LogP contribution in [0.1, 0.15) is 18.9 Å². The highest BCUT2D eigenvalue weighted by atomic mass is 35.5. The second-order valence-electron chi connectivity index (χ2n) is 4.48. The number of hydrogen-bond acceptors (Lipinski definition) is 2. The van der Waals surface area contributed by atoms with E-state index in [9.17, 15) is 0 Å². The average Bonchev–Trinajstić information content (AvgIpc) is 2.84. The Morgan fingerprint density at radius 1 is 1.15 bits per heavy atom. The van der Waals surface area contributed by atoms with Gasteiger partial charge in [0.25, 0.3) is 0 Å². The third-order valence-corrected chi connectivity index (χ3v) is 3.52. The van der Waals surface area contributed by atoms with E-state index in [1.54, 1.807) is 12.1 Å². The van der Waals surface area contributed by atoms with Crippen molar-refractivity contribution in [2.45, 2.75) is 13.0 Å². The molecule has 102 valence electrons. The SMILES string of the molecule is CC(Oc1cccc(Cl)c1)c1nc2c(Cl)cccc2[nH]1. The molecule has 0 amide bonds. The summed E-state index contributed by atoms with van der Waals surface area (Å²) in [5, 5.41) is 1.27. The normalized spacial score (nSPS) is 12.6. The van der Waals surface area contributed by atoms with Crippen molar-refractivity contribution in [2.75, 3.05) is 0 Å². The molecule has 0 saturated carbocycles. The fraction of sp³-hybridized carbons (Fsp3) is 0.133. The number of halogens is 2. The average molecular weight is 307 g/mol. The Morgan fingerprint density at radius 2 is 1.95 bits per heavy atom. The molecule has 1 unspecified atom stereocenters. The van der Waals surface area contributed by atoms with E-state index in [1.165, 1.54) is 0 Å². The smallest absolute Gasteiger partial charge is 0.153 e. The lowest BCUT2D eigenvalue weighted by molar-refractivity contribution is 0.218. The summed E-state index contributed by atoms with van der Waals surface area (Å²) in [6.45, 7) is 1.92. The monoisotopic (exact) mass is 306 g/mol. The molecule has 1 heterocycles. The van der Waals surface area contributed by atoms with Gasteiger partial charge in [-0.25, -0.2) is 4.98 Å². The zero-order chi connectivity index (χ0) is 14.1. The van der Waals surface area contributed by atoms with E-state index < -0.39 is 0 Å². The number of para-hydroxylation sites is 1. The fourth-order valence-corrected chi connectivity index (χ4v) is 2.41. The molecular formula is C15H12Cl2N2O.